The maximum Gasteiger partial charge on any atom is 0.325 e. The van der Waals surface area contributed by atoms with E-state index >= 15 is 0 Å². The molecule has 7 nitrogen and oxygen atoms in total. The topological polar surface area (TPSA) is 95.9 Å². The smallest absolute Gasteiger partial charge is 0.325 e. The average Bonchev–Trinajstić information content (AvgIpc) is 2.44. The number of ether oxygens (including phenoxy) is 1. The number of carbonyl (C=O) groups excluding carboxylic acids is 2. The van der Waals surface area contributed by atoms with E-state index in [4.69, 9.17) is 9.84 Å². The fourth-order valence-corrected chi connectivity index (χ4v) is 2.01. The van der Waals surface area contributed by atoms with E-state index in [1.54, 1.807) is 0 Å². The van der Waals surface area contributed by atoms with E-state index in [9.17, 15) is 14.4 Å². The molecule has 0 aliphatic carbocycles. The van der Waals surface area contributed by atoms with E-state index in [0.717, 1.165) is 4.90 Å². The van der Waals surface area contributed by atoms with Gasteiger partial charge in [0.25, 0.3) is 5.91 Å². The first kappa shape index (κ1) is 10.9. The van der Waals surface area contributed by atoms with Crippen LogP contribution in [0.25, 0.3) is 0 Å². The first-order chi connectivity index (χ1) is 7.55. The van der Waals surface area contributed by atoms with Crippen LogP contribution >= 0.6 is 0 Å². The summed E-state index contributed by atoms with van der Waals surface area (Å²) in [4.78, 5) is 34.7. The molecular formula is C9H12N2O5. The van der Waals surface area contributed by atoms with Gasteiger partial charge in [0, 0.05) is 26.1 Å². The van der Waals surface area contributed by atoms with E-state index in [0.29, 0.717) is 26.1 Å². The number of nitrogens with one attached hydrogen (secondary N) is 1. The van der Waals surface area contributed by atoms with Gasteiger partial charge in [-0.15, -0.1) is 0 Å². The Hall–Kier alpha value is -1.63. The van der Waals surface area contributed by atoms with Gasteiger partial charge in [0.2, 0.25) is 0 Å². The summed E-state index contributed by atoms with van der Waals surface area (Å²) in [5, 5.41) is 11.2. The van der Waals surface area contributed by atoms with Crippen LogP contribution in [0.4, 0.5) is 4.79 Å². The van der Waals surface area contributed by atoms with E-state index in [1.807, 2.05) is 0 Å². The second-order valence-electron chi connectivity index (χ2n) is 3.91. The van der Waals surface area contributed by atoms with Crippen molar-refractivity contribution < 1.29 is 24.2 Å². The second kappa shape index (κ2) is 3.75. The van der Waals surface area contributed by atoms with Crippen LogP contribution in [0, 0.1) is 0 Å². The SMILES string of the molecule is O=C(O)CN1C(=O)NC2(CCOCC2)C1=O. The van der Waals surface area contributed by atoms with Crippen LogP contribution in [0.15, 0.2) is 0 Å². The molecule has 2 rings (SSSR count). The molecule has 2 saturated heterocycles. The van der Waals surface area contributed by atoms with Crippen LogP contribution in [0.3, 0.4) is 0 Å². The Bertz CT molecular complexity index is 348. The van der Waals surface area contributed by atoms with E-state index in [-0.39, 0.29) is 0 Å². The van der Waals surface area contributed by atoms with Gasteiger partial charge in [0.05, 0.1) is 0 Å². The number of aliphatic carboxylic acids is 1. The number of nitrogens with zero attached hydrogens (tertiary/aromatic N) is 1. The number of rotatable bonds is 2. The van der Waals surface area contributed by atoms with E-state index < -0.39 is 30.0 Å². The van der Waals surface area contributed by atoms with Crippen LogP contribution in [0.5, 0.6) is 0 Å². The highest BCUT2D eigenvalue weighted by atomic mass is 16.5. The summed E-state index contributed by atoms with van der Waals surface area (Å²) in [7, 11) is 0. The molecule has 0 radical (unpaired) electrons. The molecule has 16 heavy (non-hydrogen) atoms. The molecule has 0 aromatic rings. The molecule has 2 heterocycles. The summed E-state index contributed by atoms with van der Waals surface area (Å²) < 4.78 is 5.12. The maximum atomic E-state index is 12.0. The molecule has 2 aliphatic rings. The monoisotopic (exact) mass is 228 g/mol. The number of imide groups is 1. The quantitative estimate of drug-likeness (QED) is 0.601. The molecular weight excluding hydrogens is 216 g/mol. The summed E-state index contributed by atoms with van der Waals surface area (Å²) >= 11 is 0. The van der Waals surface area contributed by atoms with Gasteiger partial charge in [-0.05, 0) is 0 Å². The maximum absolute atomic E-state index is 12.0. The molecule has 2 fully saturated rings. The van der Waals surface area contributed by atoms with Gasteiger partial charge in [-0.1, -0.05) is 0 Å². The lowest BCUT2D eigenvalue weighted by Crippen LogP contribution is -2.51. The number of carboxylic acid groups (broad SMARTS) is 1. The van der Waals surface area contributed by atoms with Gasteiger partial charge >= 0.3 is 12.0 Å². The average molecular weight is 228 g/mol. The number of carboxylic acids is 1. The lowest BCUT2D eigenvalue weighted by molar-refractivity contribution is -0.143. The van der Waals surface area contributed by atoms with Crippen molar-refractivity contribution in [1.29, 1.82) is 0 Å². The minimum Gasteiger partial charge on any atom is -0.480 e. The summed E-state index contributed by atoms with van der Waals surface area (Å²) in [6.45, 7) is 0.202. The Labute approximate surface area is 91.3 Å². The third-order valence-electron chi connectivity index (χ3n) is 2.89. The van der Waals surface area contributed by atoms with Gasteiger partial charge in [-0.2, -0.15) is 0 Å². The number of amides is 3. The minimum atomic E-state index is -1.20. The zero-order chi connectivity index (χ0) is 11.8. The van der Waals surface area contributed by atoms with Gasteiger partial charge in [0.15, 0.2) is 0 Å². The van der Waals surface area contributed by atoms with Crippen molar-refractivity contribution in [3.8, 4) is 0 Å². The second-order valence-corrected chi connectivity index (χ2v) is 3.91. The van der Waals surface area contributed by atoms with E-state index in [1.165, 1.54) is 0 Å². The predicted octanol–water partition coefficient (Wildman–Crippen LogP) is -0.828. The molecule has 0 aromatic heterocycles. The fourth-order valence-electron chi connectivity index (χ4n) is 2.01. The molecule has 1 spiro atoms. The van der Waals surface area contributed by atoms with Crippen molar-refractivity contribution >= 4 is 17.9 Å². The van der Waals surface area contributed by atoms with Crippen molar-refractivity contribution in [2.45, 2.75) is 18.4 Å². The van der Waals surface area contributed by atoms with Crippen molar-refractivity contribution in [2.75, 3.05) is 19.8 Å². The zero-order valence-electron chi connectivity index (χ0n) is 8.56. The van der Waals surface area contributed by atoms with Gasteiger partial charge in [-0.3, -0.25) is 14.5 Å². The van der Waals surface area contributed by atoms with Crippen LogP contribution in [0.2, 0.25) is 0 Å². The van der Waals surface area contributed by atoms with Gasteiger partial charge in [-0.25, -0.2) is 4.79 Å². The molecule has 88 valence electrons. The predicted molar refractivity (Wildman–Crippen MR) is 50.7 cm³/mol. The molecule has 7 heteroatoms. The lowest BCUT2D eigenvalue weighted by atomic mass is 9.90. The largest absolute Gasteiger partial charge is 0.480 e. The Morgan fingerprint density at radius 3 is 2.62 bits per heavy atom. The Kier molecular flexibility index (Phi) is 2.55. The first-order valence-corrected chi connectivity index (χ1v) is 4.99. The lowest BCUT2D eigenvalue weighted by Gasteiger charge is -2.30. The Morgan fingerprint density at radius 2 is 2.06 bits per heavy atom. The summed E-state index contributed by atoms with van der Waals surface area (Å²) in [6, 6.07) is -0.630. The highest BCUT2D eigenvalue weighted by molar-refractivity contribution is 6.08. The van der Waals surface area contributed by atoms with Crippen molar-refractivity contribution in [3.63, 3.8) is 0 Å². The first-order valence-electron chi connectivity index (χ1n) is 4.99. The van der Waals surface area contributed by atoms with Crippen LogP contribution < -0.4 is 5.32 Å². The molecule has 3 amide bonds. The number of hydrogen-bond acceptors (Lipinski definition) is 4. The van der Waals surface area contributed by atoms with Crippen molar-refractivity contribution in [1.82, 2.24) is 10.2 Å². The van der Waals surface area contributed by atoms with Crippen molar-refractivity contribution in [2.24, 2.45) is 0 Å². The summed E-state index contributed by atoms with van der Waals surface area (Å²) in [5.41, 5.74) is -0.940. The number of urea groups is 1. The molecule has 2 N–H and O–H groups in total. The zero-order valence-corrected chi connectivity index (χ0v) is 8.56. The van der Waals surface area contributed by atoms with Gasteiger partial charge in [0.1, 0.15) is 12.1 Å². The normalized spacial score (nSPS) is 23.6. The number of carbonyl (C=O) groups is 3. The van der Waals surface area contributed by atoms with Gasteiger partial charge < -0.3 is 15.2 Å². The van der Waals surface area contributed by atoms with Crippen molar-refractivity contribution in [3.05, 3.63) is 0 Å². The highest BCUT2D eigenvalue weighted by Crippen LogP contribution is 2.28. The third kappa shape index (κ3) is 1.63. The van der Waals surface area contributed by atoms with Crippen LogP contribution in [0.1, 0.15) is 12.8 Å². The van der Waals surface area contributed by atoms with Crippen LogP contribution in [-0.2, 0) is 14.3 Å². The Morgan fingerprint density at radius 1 is 1.44 bits per heavy atom. The minimum absolute atomic E-state index is 0.396. The Balaban J connectivity index is 2.17. The fraction of sp³-hybridized carbons (Fsp3) is 0.667. The number of hydrogen-bond donors (Lipinski definition) is 2. The molecule has 0 bridgehead atoms. The molecule has 2 aliphatic heterocycles. The molecule has 0 atom stereocenters. The standard InChI is InChI=1S/C9H12N2O5/c12-6(13)5-11-7(14)9(10-8(11)15)1-3-16-4-2-9/h1-5H2,(H,10,15)(H,12,13). The summed E-state index contributed by atoms with van der Waals surface area (Å²) in [6.07, 6.45) is 0.793. The van der Waals surface area contributed by atoms with E-state index in [2.05, 4.69) is 5.32 Å². The highest BCUT2D eigenvalue weighted by Gasteiger charge is 2.52. The molecule has 0 unspecified atom stereocenters. The molecule has 0 aromatic carbocycles. The van der Waals surface area contributed by atoms with Crippen LogP contribution in [-0.4, -0.2) is 53.2 Å². The summed E-state index contributed by atoms with van der Waals surface area (Å²) in [5.74, 6) is -1.66. The third-order valence-corrected chi connectivity index (χ3v) is 2.89. The molecule has 0 saturated carbocycles.